The smallest absolute Gasteiger partial charge is 0.408 e. The molecule has 2 aromatic carbocycles. The van der Waals surface area contributed by atoms with Crippen molar-refractivity contribution in [3.05, 3.63) is 69.2 Å². The number of carbonyl (C=O) groups is 1. The average Bonchev–Trinajstić information content (AvgIpc) is 3.17. The number of halogens is 4. The number of hydrogen-bond acceptors (Lipinski definition) is 6. The number of amides is 1. The first-order chi connectivity index (χ1) is 18.8. The molecule has 1 heterocycles. The van der Waals surface area contributed by atoms with Crippen LogP contribution in [0.3, 0.4) is 0 Å². The molecule has 3 rings (SSSR count). The highest BCUT2D eigenvalue weighted by Gasteiger charge is 2.61. The molecule has 4 N–H and O–H groups in total. The van der Waals surface area contributed by atoms with Crippen LogP contribution < -0.4 is 10.6 Å². The maximum absolute atomic E-state index is 15.7. The van der Waals surface area contributed by atoms with E-state index in [-0.39, 0.29) is 45.5 Å². The number of ether oxygens (including phenoxy) is 1. The second-order valence-corrected chi connectivity index (χ2v) is 12.0. The fourth-order valence-corrected chi connectivity index (χ4v) is 5.45. The summed E-state index contributed by atoms with van der Waals surface area (Å²) in [6.45, 7) is 7.61. The van der Waals surface area contributed by atoms with Crippen LogP contribution >= 0.6 is 23.2 Å². The number of aliphatic hydroxyl groups excluding tert-OH is 2. The molecular weight excluding hydrogens is 563 g/mol. The maximum Gasteiger partial charge on any atom is 0.408 e. The Bertz CT molecular complexity index is 1260. The van der Waals surface area contributed by atoms with Crippen LogP contribution in [-0.2, 0) is 10.2 Å². The van der Waals surface area contributed by atoms with Crippen LogP contribution in [0.4, 0.5) is 13.6 Å². The van der Waals surface area contributed by atoms with E-state index in [1.807, 2.05) is 27.7 Å². The molecule has 0 radical (unpaired) electrons. The Morgan fingerprint density at radius 1 is 1.27 bits per heavy atom. The highest BCUT2D eigenvalue weighted by Crippen LogP contribution is 2.53. The Morgan fingerprint density at radius 2 is 1.98 bits per heavy atom. The number of carbonyl (C=O) groups excluding carboxylic acids is 1. The molecule has 1 aliphatic rings. The van der Waals surface area contributed by atoms with Gasteiger partial charge >= 0.3 is 6.09 Å². The van der Waals surface area contributed by atoms with Crippen LogP contribution in [0.15, 0.2) is 36.4 Å². The summed E-state index contributed by atoms with van der Waals surface area (Å²) < 4.78 is 37.1. The van der Waals surface area contributed by atoms with Crippen LogP contribution in [0.5, 0.6) is 0 Å². The lowest BCUT2D eigenvalue weighted by atomic mass is 9.62. The zero-order valence-electron chi connectivity index (χ0n) is 22.8. The molecule has 7 nitrogen and oxygen atoms in total. The van der Waals surface area contributed by atoms with E-state index in [1.54, 1.807) is 0 Å². The van der Waals surface area contributed by atoms with Gasteiger partial charge < -0.3 is 20.3 Å². The molecule has 1 saturated heterocycles. The molecule has 11 heteroatoms. The van der Waals surface area contributed by atoms with E-state index < -0.39 is 54.0 Å². The topological polar surface area (TPSA) is 115 Å². The first kappa shape index (κ1) is 32.0. The molecule has 0 bridgehead atoms. The Labute approximate surface area is 243 Å². The van der Waals surface area contributed by atoms with E-state index in [9.17, 15) is 15.2 Å². The van der Waals surface area contributed by atoms with Crippen LogP contribution in [0.2, 0.25) is 10.0 Å². The van der Waals surface area contributed by atoms with Crippen LogP contribution in [0.25, 0.3) is 0 Å². The van der Waals surface area contributed by atoms with Crippen molar-refractivity contribution in [3.8, 4) is 6.07 Å². The van der Waals surface area contributed by atoms with E-state index in [4.69, 9.17) is 33.0 Å². The molecule has 0 aromatic heterocycles. The number of nitriles is 1. The van der Waals surface area contributed by atoms with E-state index in [1.165, 1.54) is 30.3 Å². The highest BCUT2D eigenvalue weighted by molar-refractivity contribution is 6.31. The summed E-state index contributed by atoms with van der Waals surface area (Å²) in [5.74, 6) is -2.62. The predicted molar refractivity (Wildman–Crippen MR) is 149 cm³/mol. The van der Waals surface area contributed by atoms with Gasteiger partial charge in [-0.2, -0.15) is 5.26 Å². The number of alkyl carbamates (subject to hydrolysis) is 1. The molecule has 5 atom stereocenters. The largest absolute Gasteiger partial charge is 0.430 e. The molecule has 0 aliphatic carbocycles. The lowest BCUT2D eigenvalue weighted by Crippen LogP contribution is -2.46. The molecule has 1 amide bonds. The van der Waals surface area contributed by atoms with Gasteiger partial charge in [0.1, 0.15) is 17.0 Å². The van der Waals surface area contributed by atoms with Crippen LogP contribution in [0, 0.1) is 34.3 Å². The Morgan fingerprint density at radius 3 is 2.58 bits per heavy atom. The molecule has 1 fully saturated rings. The number of hydrogen-bond donors (Lipinski definition) is 4. The number of nitrogens with one attached hydrogen (secondary N) is 2. The zero-order valence-corrected chi connectivity index (χ0v) is 24.4. The summed E-state index contributed by atoms with van der Waals surface area (Å²) in [5.41, 5.74) is -2.14. The second kappa shape index (κ2) is 13.0. The van der Waals surface area contributed by atoms with Gasteiger partial charge in [-0.15, -0.1) is 0 Å². The third kappa shape index (κ3) is 6.53. The summed E-state index contributed by atoms with van der Waals surface area (Å²) >= 11 is 12.2. The van der Waals surface area contributed by atoms with E-state index in [0.717, 1.165) is 6.07 Å². The van der Waals surface area contributed by atoms with Crippen molar-refractivity contribution in [3.63, 3.8) is 0 Å². The van der Waals surface area contributed by atoms with E-state index in [0.29, 0.717) is 6.42 Å². The van der Waals surface area contributed by atoms with Crippen molar-refractivity contribution in [2.45, 2.75) is 70.2 Å². The summed E-state index contributed by atoms with van der Waals surface area (Å²) in [6.07, 6.45) is -2.77. The molecule has 40 heavy (non-hydrogen) atoms. The molecular formula is C29H35Cl2F2N3O4. The molecule has 0 unspecified atom stereocenters. The van der Waals surface area contributed by atoms with Gasteiger partial charge in [0.2, 0.25) is 0 Å². The van der Waals surface area contributed by atoms with Crippen molar-refractivity contribution in [1.82, 2.24) is 10.6 Å². The van der Waals surface area contributed by atoms with Crippen molar-refractivity contribution >= 4 is 29.3 Å². The first-order valence-corrected chi connectivity index (χ1v) is 13.8. The van der Waals surface area contributed by atoms with Crippen molar-refractivity contribution < 1.29 is 28.5 Å². The normalized spacial score (nSPS) is 23.6. The summed E-state index contributed by atoms with van der Waals surface area (Å²) in [4.78, 5) is 12.8. The summed E-state index contributed by atoms with van der Waals surface area (Å²) in [7, 11) is 0. The minimum atomic E-state index is -1.75. The summed E-state index contributed by atoms with van der Waals surface area (Å²) in [6, 6.07) is 9.79. The Kier molecular flexibility index (Phi) is 10.4. The van der Waals surface area contributed by atoms with Crippen molar-refractivity contribution in [2.75, 3.05) is 13.2 Å². The fraction of sp³-hybridized carbons (Fsp3) is 0.517. The predicted octanol–water partition coefficient (Wildman–Crippen LogP) is 5.66. The SMILES string of the molecule is CC(C)C(C)(C)C[C@@H]1N[C@H](OC(=O)NCC[C@@H](O)CO)[C@H](c2cccc(Cl)c2F)[C@@]1(C#N)c1ccc(Cl)cc1F. The fourth-order valence-electron chi connectivity index (χ4n) is 5.11. The lowest BCUT2D eigenvalue weighted by molar-refractivity contribution is 0.0679. The number of aliphatic hydroxyl groups is 2. The molecule has 1 aliphatic heterocycles. The van der Waals surface area contributed by atoms with Gasteiger partial charge in [-0.1, -0.05) is 69.1 Å². The Hall–Kier alpha value is -2.48. The molecule has 0 saturated carbocycles. The van der Waals surface area contributed by atoms with Gasteiger partial charge in [0, 0.05) is 23.2 Å². The zero-order chi connectivity index (χ0) is 29.8. The van der Waals surface area contributed by atoms with Gasteiger partial charge in [-0.3, -0.25) is 5.32 Å². The number of nitrogens with zero attached hydrogens (tertiary/aromatic N) is 1. The summed E-state index contributed by atoms with van der Waals surface area (Å²) in [5, 5.41) is 35.1. The van der Waals surface area contributed by atoms with E-state index >= 15 is 8.78 Å². The maximum atomic E-state index is 15.7. The highest BCUT2D eigenvalue weighted by atomic mass is 35.5. The third-order valence-corrected chi connectivity index (χ3v) is 8.60. The van der Waals surface area contributed by atoms with Gasteiger partial charge in [0.05, 0.1) is 29.7 Å². The van der Waals surface area contributed by atoms with Gasteiger partial charge in [0.15, 0.2) is 6.23 Å². The molecule has 2 aromatic rings. The monoisotopic (exact) mass is 597 g/mol. The standard InChI is InChI=1S/C29H35Cl2F2N3O4/c1-16(2)28(3,4)13-23-29(15-34,20-9-8-17(30)12-22(20)32)24(19-6-5-7-21(31)25(19)33)26(36-23)40-27(39)35-11-10-18(38)14-37/h5-9,12,16,18,23-24,26,36-38H,10-11,13-14H2,1-4H3,(H,35,39)/t18-,23+,24+,26-,29+/m1/s1. The molecule has 218 valence electrons. The Balaban J connectivity index is 2.19. The minimum absolute atomic E-state index is 0.0114. The quantitative estimate of drug-likeness (QED) is 0.281. The third-order valence-electron chi connectivity index (χ3n) is 8.07. The van der Waals surface area contributed by atoms with Gasteiger partial charge in [0.25, 0.3) is 0 Å². The lowest BCUT2D eigenvalue weighted by Gasteiger charge is -2.39. The number of benzene rings is 2. The minimum Gasteiger partial charge on any atom is -0.430 e. The van der Waals surface area contributed by atoms with Crippen LogP contribution in [0.1, 0.15) is 57.6 Å². The van der Waals surface area contributed by atoms with Crippen LogP contribution in [-0.4, -0.2) is 47.8 Å². The van der Waals surface area contributed by atoms with Gasteiger partial charge in [-0.05, 0) is 47.9 Å². The second-order valence-electron chi connectivity index (χ2n) is 11.2. The number of rotatable bonds is 10. The average molecular weight is 599 g/mol. The van der Waals surface area contributed by atoms with E-state index in [2.05, 4.69) is 16.7 Å². The molecule has 0 spiro atoms. The first-order valence-electron chi connectivity index (χ1n) is 13.1. The van der Waals surface area contributed by atoms with Gasteiger partial charge in [-0.25, -0.2) is 13.6 Å². The van der Waals surface area contributed by atoms with Crippen molar-refractivity contribution in [2.24, 2.45) is 11.3 Å². The van der Waals surface area contributed by atoms with Crippen molar-refractivity contribution in [1.29, 1.82) is 5.26 Å².